The van der Waals surface area contributed by atoms with Gasteiger partial charge in [-0.25, -0.2) is 4.98 Å². The zero-order valence-corrected chi connectivity index (χ0v) is 31.4. The monoisotopic (exact) mass is 646 g/mol. The van der Waals surface area contributed by atoms with Crippen LogP contribution >= 0.6 is 0 Å². The van der Waals surface area contributed by atoms with Crippen molar-refractivity contribution in [3.05, 3.63) is 109 Å². The van der Waals surface area contributed by atoms with Gasteiger partial charge >= 0.3 is 0 Å². The second kappa shape index (κ2) is 12.7. The molecule has 8 aromatic rings. The van der Waals surface area contributed by atoms with Gasteiger partial charge in [0.05, 0.1) is 11.0 Å². The number of aryl methyl sites for hydroxylation is 1. The second-order valence-electron chi connectivity index (χ2n) is 14.5. The van der Waals surface area contributed by atoms with Crippen molar-refractivity contribution in [3.63, 3.8) is 0 Å². The zero-order valence-electron chi connectivity index (χ0n) is 31.4. The topological polar surface area (TPSA) is 17.8 Å². The predicted molar refractivity (Wildman–Crippen MR) is 247 cm³/mol. The number of para-hydroxylation sites is 2. The molecule has 7 aromatic carbocycles. The number of imidazole rings is 1. The molecule has 1 aromatic heterocycles. The average molecular weight is 645 g/mol. The summed E-state index contributed by atoms with van der Waals surface area (Å²) in [7, 11) is 18.6. The molecular formula is C41H38B8N2. The lowest BCUT2D eigenvalue weighted by Crippen LogP contribution is -2.50. The normalized spacial score (nSPS) is 11.5. The van der Waals surface area contributed by atoms with E-state index in [0.29, 0.717) is 0 Å². The van der Waals surface area contributed by atoms with Gasteiger partial charge in [-0.3, -0.25) is 4.57 Å². The van der Waals surface area contributed by atoms with E-state index in [4.69, 9.17) is 4.98 Å². The zero-order chi connectivity index (χ0) is 35.7. The Balaban J connectivity index is 1.47. The largest absolute Gasteiger partial charge is 0.296 e. The summed E-state index contributed by atoms with van der Waals surface area (Å²) < 4.78 is 2.32. The van der Waals surface area contributed by atoms with E-state index in [0.717, 1.165) is 29.0 Å². The van der Waals surface area contributed by atoms with Gasteiger partial charge in [0.15, 0.2) is 0 Å². The molecule has 0 aliphatic carbocycles. The summed E-state index contributed by atoms with van der Waals surface area (Å²) in [6.07, 6.45) is 0.864. The van der Waals surface area contributed by atoms with E-state index in [2.05, 4.69) is 177 Å². The van der Waals surface area contributed by atoms with Crippen molar-refractivity contribution < 1.29 is 0 Å². The summed E-state index contributed by atoms with van der Waals surface area (Å²) in [6.45, 7) is 2.18. The van der Waals surface area contributed by atoms with Gasteiger partial charge < -0.3 is 0 Å². The summed E-state index contributed by atoms with van der Waals surface area (Å²) in [6, 6.07) is 37.8. The van der Waals surface area contributed by atoms with Crippen LogP contribution in [0.4, 0.5) is 0 Å². The second-order valence-corrected chi connectivity index (χ2v) is 14.5. The van der Waals surface area contributed by atoms with Gasteiger partial charge in [0.2, 0.25) is 0 Å². The van der Waals surface area contributed by atoms with Gasteiger partial charge in [-0.05, 0) is 85.3 Å². The molecule has 0 aliphatic heterocycles. The third kappa shape index (κ3) is 5.09. The minimum absolute atomic E-state index is 0.864. The lowest BCUT2D eigenvalue weighted by molar-refractivity contribution is 0.908. The summed E-state index contributed by atoms with van der Waals surface area (Å²) in [5, 5.41) is 5.50. The Morgan fingerprint density at radius 1 is 0.451 bits per heavy atom. The van der Waals surface area contributed by atoms with Crippen LogP contribution in [0.15, 0.2) is 103 Å². The summed E-state index contributed by atoms with van der Waals surface area (Å²) in [5.74, 6) is 1.08. The van der Waals surface area contributed by atoms with Gasteiger partial charge in [-0.1, -0.05) is 102 Å². The molecule has 0 atom stereocenters. The highest BCUT2D eigenvalue weighted by Crippen LogP contribution is 2.41. The van der Waals surface area contributed by atoms with E-state index in [1.54, 1.807) is 0 Å². The van der Waals surface area contributed by atoms with Crippen LogP contribution in [0.5, 0.6) is 0 Å². The number of aromatic nitrogens is 2. The summed E-state index contributed by atoms with van der Waals surface area (Å²) in [5.41, 5.74) is 21.9. The van der Waals surface area contributed by atoms with Crippen LogP contribution in [0.2, 0.25) is 0 Å². The molecule has 2 nitrogen and oxygen atoms in total. The van der Waals surface area contributed by atoms with Crippen LogP contribution in [0.1, 0.15) is 12.7 Å². The Bertz CT molecular complexity index is 2640. The van der Waals surface area contributed by atoms with Crippen LogP contribution in [-0.4, -0.2) is 72.3 Å². The maximum absolute atomic E-state index is 4.97. The molecule has 236 valence electrons. The van der Waals surface area contributed by atoms with Crippen LogP contribution < -0.4 is 43.7 Å². The number of nitrogens with zero attached hydrogens (tertiary/aromatic N) is 2. The Morgan fingerprint density at radius 3 is 1.47 bits per heavy atom. The highest BCUT2D eigenvalue weighted by Gasteiger charge is 2.25. The molecule has 0 saturated heterocycles. The fourth-order valence-corrected chi connectivity index (χ4v) is 8.59. The Morgan fingerprint density at radius 2 is 0.902 bits per heavy atom. The van der Waals surface area contributed by atoms with Crippen molar-refractivity contribution in [1.29, 1.82) is 0 Å². The minimum atomic E-state index is 0.864. The molecule has 10 heteroatoms. The molecular weight excluding hydrogens is 607 g/mol. The number of benzene rings is 7. The lowest BCUT2D eigenvalue weighted by atomic mass is 9.59. The molecule has 0 bridgehead atoms. The van der Waals surface area contributed by atoms with Crippen LogP contribution in [-0.2, 0) is 6.42 Å². The van der Waals surface area contributed by atoms with Gasteiger partial charge in [-0.2, -0.15) is 0 Å². The first kappa shape index (κ1) is 33.2. The maximum Gasteiger partial charge on any atom is 0.139 e. The fourth-order valence-electron chi connectivity index (χ4n) is 8.59. The number of hydrogen-bond donors (Lipinski definition) is 0. The quantitative estimate of drug-likeness (QED) is 0.144. The van der Waals surface area contributed by atoms with Gasteiger partial charge in [-0.15, -0.1) is 21.9 Å². The molecule has 0 aliphatic rings. The summed E-state index contributed by atoms with van der Waals surface area (Å²) >= 11 is 0. The molecule has 0 spiro atoms. The third-order valence-electron chi connectivity index (χ3n) is 12.0. The smallest absolute Gasteiger partial charge is 0.139 e. The van der Waals surface area contributed by atoms with Crippen LogP contribution in [0.25, 0.3) is 71.6 Å². The predicted octanol–water partition coefficient (Wildman–Crippen LogP) is -3.04. The number of rotatable bonds is 5. The SMILES string of the molecule is Bc1c(B)c(B)c2c(-c3cccc(-c4cccc(-n5c(CC)nc6ccccc65)c4)c3)c3c(B)c(B)c(B)c(B)c3c(-c3ccccc3)c2c1B. The molecule has 0 amide bonds. The van der Waals surface area contributed by atoms with Crippen molar-refractivity contribution in [2.75, 3.05) is 0 Å². The Labute approximate surface area is 308 Å². The van der Waals surface area contributed by atoms with E-state index in [-0.39, 0.29) is 0 Å². The molecule has 0 saturated carbocycles. The standard InChI is InChI=1S/C41H38B8N2/c1-2-27-50-25-16-6-7-17-26(25)51(27)24-15-9-13-22(19-24)21-12-8-14-23(18-21)29-32-30(34(42)38(46)40(48)36(32)44)28(20-10-4-3-5-11-20)31-33(29)37(45)41(49)39(47)35(31)43/h3-19H,2,42-49H2,1H3. The lowest BCUT2D eigenvalue weighted by Gasteiger charge is -2.28. The molecule has 0 fully saturated rings. The van der Waals surface area contributed by atoms with E-state index in [9.17, 15) is 0 Å². The highest BCUT2D eigenvalue weighted by atomic mass is 15.1. The Hall–Kier alpha value is -4.95. The maximum atomic E-state index is 4.97. The Kier molecular flexibility index (Phi) is 8.25. The minimum Gasteiger partial charge on any atom is -0.296 e. The molecule has 8 rings (SSSR count). The van der Waals surface area contributed by atoms with E-state index in [1.807, 2.05) is 0 Å². The van der Waals surface area contributed by atoms with Crippen molar-refractivity contribution in [3.8, 4) is 39.1 Å². The van der Waals surface area contributed by atoms with Gasteiger partial charge in [0, 0.05) is 12.1 Å². The molecule has 0 unspecified atom stereocenters. The highest BCUT2D eigenvalue weighted by molar-refractivity contribution is 6.71. The van der Waals surface area contributed by atoms with Crippen LogP contribution in [0.3, 0.4) is 0 Å². The van der Waals surface area contributed by atoms with Crippen molar-refractivity contribution in [1.82, 2.24) is 9.55 Å². The number of fused-ring (bicyclic) bond motifs is 3. The molecule has 0 N–H and O–H groups in total. The van der Waals surface area contributed by atoms with E-state index < -0.39 is 0 Å². The van der Waals surface area contributed by atoms with Crippen LogP contribution in [0, 0.1) is 0 Å². The van der Waals surface area contributed by atoms with Crippen molar-refractivity contribution in [2.45, 2.75) is 13.3 Å². The third-order valence-corrected chi connectivity index (χ3v) is 12.0. The first-order valence-electron chi connectivity index (χ1n) is 18.3. The van der Waals surface area contributed by atoms with Crippen molar-refractivity contribution >= 4 is 139 Å². The first-order valence-corrected chi connectivity index (χ1v) is 18.3. The molecule has 1 heterocycles. The number of hydrogen-bond acceptors (Lipinski definition) is 1. The van der Waals surface area contributed by atoms with Gasteiger partial charge in [0.1, 0.15) is 68.6 Å². The molecule has 51 heavy (non-hydrogen) atoms. The first-order chi connectivity index (χ1) is 24.6. The average Bonchev–Trinajstić information content (AvgIpc) is 3.56. The fraction of sp³-hybridized carbons (Fsp3) is 0.0488. The van der Waals surface area contributed by atoms with E-state index in [1.165, 1.54) is 98.6 Å². The van der Waals surface area contributed by atoms with Crippen molar-refractivity contribution in [2.24, 2.45) is 0 Å². The molecule has 0 radical (unpaired) electrons. The summed E-state index contributed by atoms with van der Waals surface area (Å²) in [4.78, 5) is 4.97. The van der Waals surface area contributed by atoms with E-state index >= 15 is 0 Å². The van der Waals surface area contributed by atoms with Gasteiger partial charge in [0.25, 0.3) is 0 Å².